The molecule has 0 bridgehead atoms. The van der Waals surface area contributed by atoms with Crippen LogP contribution in [0.15, 0.2) is 30.3 Å². The number of hydrogen-bond donors (Lipinski definition) is 2. The van der Waals surface area contributed by atoms with Crippen molar-refractivity contribution in [2.75, 3.05) is 6.54 Å². The number of amides is 3. The van der Waals surface area contributed by atoms with Crippen LogP contribution in [-0.4, -0.2) is 53.1 Å². The average Bonchev–Trinajstić information content (AvgIpc) is 3.39. The average molecular weight is 482 g/mol. The van der Waals surface area contributed by atoms with Gasteiger partial charge < -0.3 is 15.5 Å². The molecule has 1 aromatic rings. The number of Topliss-reactive ketones (excluding diaryl/α,β-unsaturated/α-hetero) is 1. The standard InChI is InChI=1S/C28H39N3O4/c1-4-9-22(25(32)27(34)29-20-14-15-20)30-26(33)24-21-13-8-12-19(21)16-31(24)28(35)23(17(2)3)18-10-6-5-7-11-18/h5-7,10-11,17,19-24H,4,8-9,12-16H2,1-3H3,(H,29,34)(H,30,33)/t19-,21+,22+,23+,24?/m0/s1. The highest BCUT2D eigenvalue weighted by atomic mass is 16.2. The molecule has 7 nitrogen and oxygen atoms in total. The SMILES string of the molecule is CCC[C@@H](NC(=O)C1[C@@H]2CCC[C@H]2CN1C(=O)[C@@H](c1ccccc1)C(C)C)C(=O)C(=O)NC1CC1. The second-order valence-corrected chi connectivity index (χ2v) is 10.9. The zero-order valence-corrected chi connectivity index (χ0v) is 21.2. The quantitative estimate of drug-likeness (QED) is 0.502. The van der Waals surface area contributed by atoms with Crippen LogP contribution in [0.25, 0.3) is 0 Å². The second-order valence-electron chi connectivity index (χ2n) is 10.9. The Labute approximate surface area is 208 Å². The molecule has 190 valence electrons. The summed E-state index contributed by atoms with van der Waals surface area (Å²) in [5.41, 5.74) is 0.958. The Morgan fingerprint density at radius 3 is 2.37 bits per heavy atom. The van der Waals surface area contributed by atoms with Crippen molar-refractivity contribution in [3.8, 4) is 0 Å². The van der Waals surface area contributed by atoms with Gasteiger partial charge in [0.2, 0.25) is 17.6 Å². The fraction of sp³-hybridized carbons (Fsp3) is 0.643. The lowest BCUT2D eigenvalue weighted by molar-refractivity contribution is -0.143. The molecular formula is C28H39N3O4. The molecule has 0 radical (unpaired) electrons. The molecule has 3 aliphatic rings. The number of rotatable bonds is 10. The minimum atomic E-state index is -0.862. The van der Waals surface area contributed by atoms with Crippen molar-refractivity contribution >= 4 is 23.5 Å². The highest BCUT2D eigenvalue weighted by Gasteiger charge is 2.51. The minimum Gasteiger partial charge on any atom is -0.347 e. The van der Waals surface area contributed by atoms with Crippen LogP contribution in [0.4, 0.5) is 0 Å². The van der Waals surface area contributed by atoms with Crippen molar-refractivity contribution < 1.29 is 19.2 Å². The lowest BCUT2D eigenvalue weighted by Gasteiger charge is -2.33. The van der Waals surface area contributed by atoms with E-state index in [1.165, 1.54) is 0 Å². The molecule has 1 heterocycles. The third-order valence-corrected chi connectivity index (χ3v) is 7.88. The van der Waals surface area contributed by atoms with Gasteiger partial charge in [0.1, 0.15) is 6.04 Å². The summed E-state index contributed by atoms with van der Waals surface area (Å²) in [4.78, 5) is 54.7. The summed E-state index contributed by atoms with van der Waals surface area (Å²) in [6.45, 7) is 6.58. The van der Waals surface area contributed by atoms with Crippen molar-refractivity contribution in [1.29, 1.82) is 0 Å². The lowest BCUT2D eigenvalue weighted by atomic mass is 9.86. The van der Waals surface area contributed by atoms with E-state index in [0.717, 1.165) is 37.7 Å². The Morgan fingerprint density at radius 1 is 1.03 bits per heavy atom. The van der Waals surface area contributed by atoms with Gasteiger partial charge in [-0.25, -0.2) is 0 Å². The second kappa shape index (κ2) is 10.9. The zero-order valence-electron chi connectivity index (χ0n) is 21.2. The van der Waals surface area contributed by atoms with E-state index < -0.39 is 23.8 Å². The van der Waals surface area contributed by atoms with E-state index in [1.54, 1.807) is 4.90 Å². The molecule has 1 saturated heterocycles. The van der Waals surface area contributed by atoms with E-state index >= 15 is 0 Å². The smallest absolute Gasteiger partial charge is 0.289 e. The summed E-state index contributed by atoms with van der Waals surface area (Å²) in [6, 6.07) is 8.39. The van der Waals surface area contributed by atoms with Crippen LogP contribution in [0.1, 0.15) is 77.2 Å². The molecule has 5 atom stereocenters. The first-order chi connectivity index (χ1) is 16.8. The van der Waals surface area contributed by atoms with E-state index in [2.05, 4.69) is 10.6 Å². The molecule has 0 spiro atoms. The Morgan fingerprint density at radius 2 is 1.74 bits per heavy atom. The fourth-order valence-electron chi connectivity index (χ4n) is 5.98. The highest BCUT2D eigenvalue weighted by molar-refractivity contribution is 6.38. The van der Waals surface area contributed by atoms with Crippen LogP contribution in [0.5, 0.6) is 0 Å². The maximum Gasteiger partial charge on any atom is 0.289 e. The van der Waals surface area contributed by atoms with Crippen molar-refractivity contribution in [2.24, 2.45) is 17.8 Å². The van der Waals surface area contributed by atoms with E-state index in [0.29, 0.717) is 25.3 Å². The molecular weight excluding hydrogens is 442 g/mol. The largest absolute Gasteiger partial charge is 0.347 e. The number of ketones is 1. The van der Waals surface area contributed by atoms with Gasteiger partial charge in [-0.2, -0.15) is 0 Å². The Kier molecular flexibility index (Phi) is 7.92. The number of carbonyl (C=O) groups is 4. The topological polar surface area (TPSA) is 95.6 Å². The van der Waals surface area contributed by atoms with Crippen LogP contribution >= 0.6 is 0 Å². The number of nitrogens with zero attached hydrogens (tertiary/aromatic N) is 1. The molecule has 3 fully saturated rings. The third-order valence-electron chi connectivity index (χ3n) is 7.88. The number of fused-ring (bicyclic) bond motifs is 1. The van der Waals surface area contributed by atoms with Gasteiger partial charge in [-0.15, -0.1) is 0 Å². The van der Waals surface area contributed by atoms with Crippen LogP contribution in [0.2, 0.25) is 0 Å². The minimum absolute atomic E-state index is 0.0226. The van der Waals surface area contributed by atoms with Crippen LogP contribution in [0.3, 0.4) is 0 Å². The molecule has 2 saturated carbocycles. The van der Waals surface area contributed by atoms with Crippen molar-refractivity contribution in [2.45, 2.75) is 89.8 Å². The number of benzene rings is 1. The van der Waals surface area contributed by atoms with E-state index in [-0.39, 0.29) is 35.6 Å². The lowest BCUT2D eigenvalue weighted by Crippen LogP contribution is -2.55. The highest BCUT2D eigenvalue weighted by Crippen LogP contribution is 2.44. The molecule has 2 aliphatic carbocycles. The van der Waals surface area contributed by atoms with Crippen LogP contribution in [0, 0.1) is 17.8 Å². The van der Waals surface area contributed by atoms with E-state index in [4.69, 9.17) is 0 Å². The number of likely N-dealkylation sites (tertiary alicyclic amines) is 1. The van der Waals surface area contributed by atoms with Gasteiger partial charge in [0.05, 0.1) is 12.0 Å². The maximum absolute atomic E-state index is 13.9. The summed E-state index contributed by atoms with van der Waals surface area (Å²) < 4.78 is 0. The molecule has 3 amide bonds. The van der Waals surface area contributed by atoms with Gasteiger partial charge in [-0.1, -0.05) is 63.9 Å². The molecule has 2 N–H and O–H groups in total. The summed E-state index contributed by atoms with van der Waals surface area (Å²) in [5.74, 6) is -1.38. The molecule has 1 aromatic carbocycles. The number of carbonyl (C=O) groups excluding carboxylic acids is 4. The van der Waals surface area contributed by atoms with Gasteiger partial charge in [0, 0.05) is 12.6 Å². The van der Waals surface area contributed by atoms with E-state index in [1.807, 2.05) is 51.1 Å². The van der Waals surface area contributed by atoms with Crippen molar-refractivity contribution in [1.82, 2.24) is 15.5 Å². The zero-order chi connectivity index (χ0) is 25.1. The van der Waals surface area contributed by atoms with Gasteiger partial charge in [0.15, 0.2) is 0 Å². The monoisotopic (exact) mass is 481 g/mol. The number of nitrogens with one attached hydrogen (secondary N) is 2. The summed E-state index contributed by atoms with van der Waals surface area (Å²) in [7, 11) is 0. The normalized spacial score (nSPS) is 25.1. The molecule has 1 unspecified atom stereocenters. The summed E-state index contributed by atoms with van der Waals surface area (Å²) >= 11 is 0. The molecule has 7 heteroatoms. The summed E-state index contributed by atoms with van der Waals surface area (Å²) in [6.07, 6.45) is 5.81. The van der Waals surface area contributed by atoms with Crippen molar-refractivity contribution in [3.05, 3.63) is 35.9 Å². The van der Waals surface area contributed by atoms with Crippen LogP contribution < -0.4 is 10.6 Å². The van der Waals surface area contributed by atoms with Gasteiger partial charge >= 0.3 is 0 Å². The Hall–Kier alpha value is -2.70. The Balaban J connectivity index is 1.54. The van der Waals surface area contributed by atoms with Crippen LogP contribution in [-0.2, 0) is 19.2 Å². The fourth-order valence-corrected chi connectivity index (χ4v) is 5.98. The van der Waals surface area contributed by atoms with E-state index in [9.17, 15) is 19.2 Å². The third kappa shape index (κ3) is 5.60. The van der Waals surface area contributed by atoms with Crippen molar-refractivity contribution in [3.63, 3.8) is 0 Å². The Bertz CT molecular complexity index is 943. The van der Waals surface area contributed by atoms with Gasteiger partial charge in [-0.05, 0) is 55.4 Å². The predicted octanol–water partition coefficient (Wildman–Crippen LogP) is 3.19. The first-order valence-corrected chi connectivity index (χ1v) is 13.3. The molecule has 4 rings (SSSR count). The van der Waals surface area contributed by atoms with Gasteiger partial charge in [-0.3, -0.25) is 19.2 Å². The maximum atomic E-state index is 13.9. The number of hydrogen-bond acceptors (Lipinski definition) is 4. The molecule has 0 aromatic heterocycles. The molecule has 35 heavy (non-hydrogen) atoms. The first-order valence-electron chi connectivity index (χ1n) is 13.3. The molecule has 1 aliphatic heterocycles. The van der Waals surface area contributed by atoms with Gasteiger partial charge in [0.25, 0.3) is 5.91 Å². The summed E-state index contributed by atoms with van der Waals surface area (Å²) in [5, 5.41) is 5.64. The first kappa shape index (κ1) is 25.4. The predicted molar refractivity (Wildman–Crippen MR) is 133 cm³/mol.